The summed E-state index contributed by atoms with van der Waals surface area (Å²) >= 11 is 1.52. The number of hydrogen-bond donors (Lipinski definition) is 6. The summed E-state index contributed by atoms with van der Waals surface area (Å²) in [4.78, 5) is 60.2. The third-order valence-corrected chi connectivity index (χ3v) is 11.5. The van der Waals surface area contributed by atoms with E-state index in [1.54, 1.807) is 11.1 Å². The lowest BCUT2D eigenvalue weighted by Crippen LogP contribution is -2.58. The van der Waals surface area contributed by atoms with Crippen LogP contribution < -0.4 is 21.3 Å². The first-order valence-corrected chi connectivity index (χ1v) is 19.4. The number of hydrogen-bond acceptors (Lipinski definition) is 7. The molecule has 0 bridgehead atoms. The van der Waals surface area contributed by atoms with E-state index in [0.717, 1.165) is 21.0 Å². The summed E-state index contributed by atoms with van der Waals surface area (Å²) in [5.41, 5.74) is 1.14. The number of carboxylic acid groups (broad SMARTS) is 1. The van der Waals surface area contributed by atoms with Crippen molar-refractivity contribution in [3.63, 3.8) is 0 Å². The van der Waals surface area contributed by atoms with Crippen LogP contribution in [0.5, 0.6) is 0 Å². The van der Waals surface area contributed by atoms with Gasteiger partial charge in [-0.2, -0.15) is 0 Å². The lowest BCUT2D eigenvalue weighted by Gasteiger charge is -2.36. The number of aromatic nitrogens is 1. The molecule has 53 heavy (non-hydrogen) atoms. The Morgan fingerprint density at radius 3 is 2.15 bits per heavy atom. The Kier molecular flexibility index (Phi) is 14.8. The van der Waals surface area contributed by atoms with Crippen LogP contribution in [-0.2, 0) is 29.0 Å². The molecule has 7 atom stereocenters. The van der Waals surface area contributed by atoms with Crippen LogP contribution in [0.4, 0.5) is 9.59 Å². The minimum atomic E-state index is -1.31. The summed E-state index contributed by atoms with van der Waals surface area (Å²) in [5, 5.41) is 34.1. The lowest BCUT2D eigenvalue weighted by molar-refractivity contribution is -0.130. The van der Waals surface area contributed by atoms with Crippen molar-refractivity contribution < 1.29 is 29.4 Å². The monoisotopic (exact) mass is 748 g/mol. The highest BCUT2D eigenvalue weighted by atomic mass is 32.1. The Balaban J connectivity index is 1.62. The normalized spacial score (nSPS) is 17.9. The molecule has 5 amide bonds. The number of aryl methyl sites for hydroxylation is 1. The number of aliphatic hydroxyl groups is 1. The Morgan fingerprint density at radius 2 is 1.60 bits per heavy atom. The van der Waals surface area contributed by atoms with Gasteiger partial charge in [-0.1, -0.05) is 102 Å². The van der Waals surface area contributed by atoms with Crippen molar-refractivity contribution >= 4 is 35.3 Å². The zero-order valence-corrected chi connectivity index (χ0v) is 32.5. The molecule has 288 valence electrons. The van der Waals surface area contributed by atoms with Gasteiger partial charge in [-0.25, -0.2) is 14.6 Å². The van der Waals surface area contributed by atoms with Crippen molar-refractivity contribution in [3.8, 4) is 0 Å². The van der Waals surface area contributed by atoms with Crippen LogP contribution in [0.15, 0.2) is 66.9 Å². The van der Waals surface area contributed by atoms with E-state index in [2.05, 4.69) is 26.3 Å². The Labute approximate surface area is 317 Å². The van der Waals surface area contributed by atoms with Gasteiger partial charge in [0.2, 0.25) is 11.8 Å². The van der Waals surface area contributed by atoms with Gasteiger partial charge in [-0.3, -0.25) is 9.59 Å². The summed E-state index contributed by atoms with van der Waals surface area (Å²) in [5.74, 6) is -1.35. The molecule has 0 aliphatic carbocycles. The molecular weight excluding hydrogens is 693 g/mol. The number of urea groups is 1. The number of amides is 5. The van der Waals surface area contributed by atoms with Crippen LogP contribution in [-0.4, -0.2) is 80.9 Å². The smallest absolute Gasteiger partial charge is 0.405 e. The number of aliphatic hydroxyl groups excluding tert-OH is 1. The van der Waals surface area contributed by atoms with Gasteiger partial charge < -0.3 is 36.4 Å². The fraction of sp³-hybridized carbons (Fsp3) is 0.525. The van der Waals surface area contributed by atoms with E-state index in [4.69, 9.17) is 0 Å². The first-order valence-electron chi connectivity index (χ1n) is 18.5. The fourth-order valence-corrected chi connectivity index (χ4v) is 7.78. The molecule has 1 aromatic heterocycles. The van der Waals surface area contributed by atoms with Crippen LogP contribution in [0, 0.1) is 24.2 Å². The van der Waals surface area contributed by atoms with Gasteiger partial charge in [0, 0.05) is 23.7 Å². The molecule has 6 N–H and O–H groups in total. The molecule has 1 aliphatic rings. The highest BCUT2D eigenvalue weighted by Crippen LogP contribution is 2.29. The zero-order valence-electron chi connectivity index (χ0n) is 31.7. The Bertz CT molecular complexity index is 1650. The second-order valence-corrected chi connectivity index (χ2v) is 16.2. The summed E-state index contributed by atoms with van der Waals surface area (Å²) in [7, 11) is 0. The summed E-state index contributed by atoms with van der Waals surface area (Å²) in [6, 6.07) is 16.1. The zero-order chi connectivity index (χ0) is 38.7. The van der Waals surface area contributed by atoms with Crippen molar-refractivity contribution in [2.45, 2.75) is 110 Å². The van der Waals surface area contributed by atoms with Crippen molar-refractivity contribution in [2.75, 3.05) is 6.54 Å². The molecule has 13 heteroatoms. The van der Waals surface area contributed by atoms with E-state index in [0.29, 0.717) is 32.4 Å². The van der Waals surface area contributed by atoms with Gasteiger partial charge in [0.15, 0.2) is 0 Å². The molecule has 4 rings (SSSR count). The van der Waals surface area contributed by atoms with Gasteiger partial charge in [0.1, 0.15) is 6.04 Å². The van der Waals surface area contributed by atoms with Crippen LogP contribution in [0.1, 0.15) is 74.9 Å². The summed E-state index contributed by atoms with van der Waals surface area (Å²) in [6.07, 6.45) is 1.39. The first kappa shape index (κ1) is 41.3. The molecular formula is C40H56N6O6S. The maximum Gasteiger partial charge on any atom is 0.405 e. The Hall–Kier alpha value is -4.49. The molecule has 3 aromatic rings. The number of benzene rings is 2. The second-order valence-electron chi connectivity index (χ2n) is 14.9. The van der Waals surface area contributed by atoms with Gasteiger partial charge in [-0.15, -0.1) is 11.3 Å². The second kappa shape index (κ2) is 19.0. The van der Waals surface area contributed by atoms with Crippen molar-refractivity contribution in [2.24, 2.45) is 17.3 Å². The van der Waals surface area contributed by atoms with Crippen LogP contribution in [0.3, 0.4) is 0 Å². The van der Waals surface area contributed by atoms with Crippen molar-refractivity contribution in [1.29, 1.82) is 0 Å². The molecule has 2 heterocycles. The standard InChI is InChI=1S/C40H56N6O6S/c1-7-25(3)34(32-23-42-38(50)46(32)24-30-22-41-26(4)53-30)36(48)43-29(19-27-15-11-9-12-16-27)21-33(47)31(20-28-17-13-10-14-18-28)44-37(49)35(45-39(51)52)40(5,6)8-2/h9-18,22,25,29,31-35,45,47H,7-8,19-21,23-24H2,1-6H3,(H,42,50)(H,43,48)(H,44,49)(H,51,52)/t25?,29-,31-,32?,33-,34-,35+/m0/s1. The number of carbonyl (C=O) groups is 4. The van der Waals surface area contributed by atoms with Crippen LogP contribution in [0.2, 0.25) is 0 Å². The molecule has 0 saturated carbocycles. The van der Waals surface area contributed by atoms with E-state index in [1.165, 1.54) is 11.3 Å². The van der Waals surface area contributed by atoms with Gasteiger partial charge >= 0.3 is 12.1 Å². The third-order valence-electron chi connectivity index (χ3n) is 10.6. The fourth-order valence-electron chi connectivity index (χ4n) is 6.98. The van der Waals surface area contributed by atoms with Crippen LogP contribution in [0.25, 0.3) is 0 Å². The molecule has 0 spiro atoms. The predicted molar refractivity (Wildman–Crippen MR) is 206 cm³/mol. The van der Waals surface area contributed by atoms with Gasteiger partial charge in [-0.05, 0) is 55.1 Å². The largest absolute Gasteiger partial charge is 0.465 e. The van der Waals surface area contributed by atoms with E-state index >= 15 is 0 Å². The average molecular weight is 749 g/mol. The van der Waals surface area contributed by atoms with Crippen LogP contribution >= 0.6 is 11.3 Å². The topological polar surface area (TPSA) is 173 Å². The molecule has 1 aliphatic heterocycles. The van der Waals surface area contributed by atoms with E-state index < -0.39 is 53.6 Å². The van der Waals surface area contributed by atoms with E-state index in [9.17, 15) is 29.4 Å². The summed E-state index contributed by atoms with van der Waals surface area (Å²) < 4.78 is 0. The number of rotatable bonds is 19. The molecule has 2 unspecified atom stereocenters. The van der Waals surface area contributed by atoms with Crippen molar-refractivity contribution in [1.82, 2.24) is 31.2 Å². The molecule has 1 fully saturated rings. The number of thiazole rings is 1. The number of carbonyl (C=O) groups excluding carboxylic acids is 3. The number of nitrogens with zero attached hydrogens (tertiary/aromatic N) is 2. The number of nitrogens with one attached hydrogen (secondary N) is 4. The van der Waals surface area contributed by atoms with Gasteiger partial charge in [0.25, 0.3) is 0 Å². The summed E-state index contributed by atoms with van der Waals surface area (Å²) in [6.45, 7) is 12.2. The highest BCUT2D eigenvalue weighted by molar-refractivity contribution is 7.11. The first-order chi connectivity index (χ1) is 25.2. The molecule has 2 aromatic carbocycles. The van der Waals surface area contributed by atoms with Crippen molar-refractivity contribution in [3.05, 3.63) is 87.9 Å². The minimum absolute atomic E-state index is 0.0635. The Morgan fingerprint density at radius 1 is 0.981 bits per heavy atom. The van der Waals surface area contributed by atoms with Gasteiger partial charge in [0.05, 0.1) is 35.7 Å². The maximum absolute atomic E-state index is 14.5. The lowest BCUT2D eigenvalue weighted by atomic mass is 9.81. The van der Waals surface area contributed by atoms with E-state index in [1.807, 2.05) is 102 Å². The highest BCUT2D eigenvalue weighted by Gasteiger charge is 2.43. The molecule has 12 nitrogen and oxygen atoms in total. The maximum atomic E-state index is 14.5. The third kappa shape index (κ3) is 11.5. The predicted octanol–water partition coefficient (Wildman–Crippen LogP) is 5.29. The molecule has 0 radical (unpaired) electrons. The SMILES string of the molecule is CCC(C)[C@H](C(=O)N[C@@H](Cc1ccccc1)C[C@H](O)[C@H](Cc1ccccc1)NC(=O)[C@@H](NC(=O)O)C(C)(C)CC)C1CNC(=O)N1Cc1cnc(C)s1. The van der Waals surface area contributed by atoms with E-state index in [-0.39, 0.29) is 30.7 Å². The minimum Gasteiger partial charge on any atom is -0.465 e. The average Bonchev–Trinajstić information content (AvgIpc) is 3.71. The molecule has 1 saturated heterocycles. The quantitative estimate of drug-likeness (QED) is 0.0967.